The van der Waals surface area contributed by atoms with Crippen LogP contribution in [0.25, 0.3) is 0 Å². The van der Waals surface area contributed by atoms with Gasteiger partial charge in [0.1, 0.15) is 6.61 Å². The molecule has 0 fully saturated rings. The zero-order chi connectivity index (χ0) is 14.4. The van der Waals surface area contributed by atoms with Crippen LogP contribution in [0.5, 0.6) is 0 Å². The number of hydrogen-bond acceptors (Lipinski definition) is 4. The number of carbonyl (C=O) groups excluding carboxylic acids is 1. The molecule has 0 saturated heterocycles. The van der Waals surface area contributed by atoms with Crippen molar-refractivity contribution in [3.63, 3.8) is 0 Å². The molecule has 2 rings (SSSR count). The van der Waals surface area contributed by atoms with Gasteiger partial charge in [-0.1, -0.05) is 18.2 Å². The van der Waals surface area contributed by atoms with Crippen molar-refractivity contribution in [1.29, 1.82) is 5.26 Å². The van der Waals surface area contributed by atoms with Gasteiger partial charge in [-0.2, -0.15) is 5.26 Å². The van der Waals surface area contributed by atoms with E-state index in [-0.39, 0.29) is 12.6 Å². The summed E-state index contributed by atoms with van der Waals surface area (Å²) in [5.74, 6) is -0.384. The highest BCUT2D eigenvalue weighted by Gasteiger charge is 2.08. The van der Waals surface area contributed by atoms with Crippen LogP contribution in [0.3, 0.4) is 0 Å². The Hall–Kier alpha value is -2.25. The van der Waals surface area contributed by atoms with Crippen molar-refractivity contribution in [3.05, 3.63) is 65.2 Å². The molecule has 0 aromatic heterocycles. The number of benzene rings is 2. The number of nitrogens with zero attached hydrogens (tertiary/aromatic N) is 1. The lowest BCUT2D eigenvalue weighted by atomic mass is 10.1. The van der Waals surface area contributed by atoms with E-state index in [9.17, 15) is 4.79 Å². The van der Waals surface area contributed by atoms with Gasteiger partial charge in [-0.05, 0) is 36.6 Å². The van der Waals surface area contributed by atoms with Crippen LogP contribution in [0.4, 0.5) is 0 Å². The first-order valence-corrected chi connectivity index (χ1v) is 7.26. The lowest BCUT2D eigenvalue weighted by Gasteiger charge is -2.06. The third-order valence-corrected chi connectivity index (χ3v) is 3.57. The van der Waals surface area contributed by atoms with E-state index in [1.807, 2.05) is 24.5 Å². The van der Waals surface area contributed by atoms with Gasteiger partial charge in [-0.3, -0.25) is 0 Å². The van der Waals surface area contributed by atoms with E-state index >= 15 is 0 Å². The summed E-state index contributed by atoms with van der Waals surface area (Å²) in [4.78, 5) is 13.0. The summed E-state index contributed by atoms with van der Waals surface area (Å²) in [6.07, 6.45) is 1.98. The van der Waals surface area contributed by atoms with Gasteiger partial charge in [-0.15, -0.1) is 11.8 Å². The smallest absolute Gasteiger partial charge is 0.338 e. The summed E-state index contributed by atoms with van der Waals surface area (Å²) < 4.78 is 5.23. The Morgan fingerprint density at radius 1 is 1.20 bits per heavy atom. The van der Waals surface area contributed by atoms with Crippen molar-refractivity contribution >= 4 is 17.7 Å². The fourth-order valence-electron chi connectivity index (χ4n) is 1.71. The normalized spacial score (nSPS) is 9.80. The predicted octanol–water partition coefficient (Wildman–Crippen LogP) is 3.64. The van der Waals surface area contributed by atoms with E-state index in [1.165, 1.54) is 0 Å². The highest BCUT2D eigenvalue weighted by molar-refractivity contribution is 7.98. The number of carbonyl (C=O) groups is 1. The average Bonchev–Trinajstić information content (AvgIpc) is 2.53. The van der Waals surface area contributed by atoms with Gasteiger partial charge in [-0.25, -0.2) is 4.79 Å². The number of esters is 1. The topological polar surface area (TPSA) is 50.1 Å². The van der Waals surface area contributed by atoms with E-state index in [0.717, 1.165) is 4.90 Å². The molecule has 0 N–H and O–H groups in total. The van der Waals surface area contributed by atoms with E-state index in [1.54, 1.807) is 42.1 Å². The van der Waals surface area contributed by atoms with E-state index in [0.29, 0.717) is 16.7 Å². The lowest BCUT2D eigenvalue weighted by Crippen LogP contribution is -2.06. The second-order valence-electron chi connectivity index (χ2n) is 4.07. The Balaban J connectivity index is 2.03. The Kier molecular flexibility index (Phi) is 4.80. The third kappa shape index (κ3) is 3.40. The zero-order valence-electron chi connectivity index (χ0n) is 11.0. The molecule has 0 unspecified atom stereocenters. The molecule has 0 aliphatic heterocycles. The predicted molar refractivity (Wildman–Crippen MR) is 78.5 cm³/mol. The largest absolute Gasteiger partial charge is 0.457 e. The van der Waals surface area contributed by atoms with Gasteiger partial charge in [0.2, 0.25) is 0 Å². The Morgan fingerprint density at radius 3 is 2.55 bits per heavy atom. The van der Waals surface area contributed by atoms with Crippen LogP contribution in [0.1, 0.15) is 21.5 Å². The fraction of sp³-hybridized carbons (Fsp3) is 0.125. The average molecular weight is 283 g/mol. The number of thioether (sulfide) groups is 1. The second kappa shape index (κ2) is 6.78. The SMILES string of the molecule is CSc1ccc(C(=O)OCc2ccccc2C#N)cc1. The maximum Gasteiger partial charge on any atom is 0.338 e. The highest BCUT2D eigenvalue weighted by Crippen LogP contribution is 2.16. The standard InChI is InChI=1S/C16H13NO2S/c1-20-15-8-6-12(7-9-15)16(18)19-11-14-5-3-2-4-13(14)10-17/h2-9H,11H2,1H3. The van der Waals surface area contributed by atoms with E-state index in [2.05, 4.69) is 6.07 Å². The van der Waals surface area contributed by atoms with Crippen LogP contribution < -0.4 is 0 Å². The van der Waals surface area contributed by atoms with Gasteiger partial charge in [0.25, 0.3) is 0 Å². The Bertz CT molecular complexity index is 644. The molecule has 3 nitrogen and oxygen atoms in total. The van der Waals surface area contributed by atoms with Crippen LogP contribution in [0.2, 0.25) is 0 Å². The number of ether oxygens (including phenoxy) is 1. The first-order chi connectivity index (χ1) is 9.74. The summed E-state index contributed by atoms with van der Waals surface area (Å²) in [6, 6.07) is 16.4. The van der Waals surface area contributed by atoms with Crippen molar-refractivity contribution in [2.45, 2.75) is 11.5 Å². The Morgan fingerprint density at radius 2 is 1.90 bits per heavy atom. The van der Waals surface area contributed by atoms with Crippen LogP contribution in [0, 0.1) is 11.3 Å². The fourth-order valence-corrected chi connectivity index (χ4v) is 2.12. The molecule has 2 aromatic rings. The van der Waals surface area contributed by atoms with Gasteiger partial charge in [0.05, 0.1) is 17.2 Å². The van der Waals surface area contributed by atoms with Crippen LogP contribution in [-0.4, -0.2) is 12.2 Å². The second-order valence-corrected chi connectivity index (χ2v) is 4.95. The first-order valence-electron chi connectivity index (χ1n) is 6.04. The molecule has 0 aliphatic rings. The van der Waals surface area contributed by atoms with Gasteiger partial charge in [0.15, 0.2) is 0 Å². The van der Waals surface area contributed by atoms with Gasteiger partial charge >= 0.3 is 5.97 Å². The zero-order valence-corrected chi connectivity index (χ0v) is 11.8. The number of rotatable bonds is 4. The van der Waals surface area contributed by atoms with Crippen molar-refractivity contribution in [3.8, 4) is 6.07 Å². The molecule has 4 heteroatoms. The molecule has 100 valence electrons. The molecule has 2 aromatic carbocycles. The highest BCUT2D eigenvalue weighted by atomic mass is 32.2. The van der Waals surface area contributed by atoms with Crippen molar-refractivity contribution in [2.75, 3.05) is 6.26 Å². The third-order valence-electron chi connectivity index (χ3n) is 2.82. The van der Waals surface area contributed by atoms with Crippen LogP contribution in [0.15, 0.2) is 53.4 Å². The summed E-state index contributed by atoms with van der Waals surface area (Å²) >= 11 is 1.62. The minimum Gasteiger partial charge on any atom is -0.457 e. The minimum atomic E-state index is -0.384. The number of hydrogen-bond donors (Lipinski definition) is 0. The van der Waals surface area contributed by atoms with Gasteiger partial charge < -0.3 is 4.74 Å². The molecule has 0 aliphatic carbocycles. The van der Waals surface area contributed by atoms with Crippen molar-refractivity contribution in [1.82, 2.24) is 0 Å². The Labute approximate surface area is 122 Å². The molecular weight excluding hydrogens is 270 g/mol. The van der Waals surface area contributed by atoms with Gasteiger partial charge in [0, 0.05) is 10.5 Å². The quantitative estimate of drug-likeness (QED) is 0.635. The van der Waals surface area contributed by atoms with Crippen LogP contribution >= 0.6 is 11.8 Å². The molecule has 0 atom stereocenters. The summed E-state index contributed by atoms with van der Waals surface area (Å²) in [5, 5.41) is 8.97. The molecule has 0 radical (unpaired) electrons. The first kappa shape index (κ1) is 14.2. The van der Waals surface area contributed by atoms with Crippen molar-refractivity contribution in [2.24, 2.45) is 0 Å². The molecule has 0 heterocycles. The van der Waals surface area contributed by atoms with E-state index < -0.39 is 0 Å². The molecule has 0 spiro atoms. The van der Waals surface area contributed by atoms with Crippen molar-refractivity contribution < 1.29 is 9.53 Å². The summed E-state index contributed by atoms with van der Waals surface area (Å²) in [7, 11) is 0. The molecule has 20 heavy (non-hydrogen) atoms. The van der Waals surface area contributed by atoms with Crippen LogP contribution in [-0.2, 0) is 11.3 Å². The monoisotopic (exact) mass is 283 g/mol. The maximum absolute atomic E-state index is 11.9. The molecule has 0 amide bonds. The lowest BCUT2D eigenvalue weighted by molar-refractivity contribution is 0.0472. The minimum absolute atomic E-state index is 0.104. The molecular formula is C16H13NO2S. The summed E-state index contributed by atoms with van der Waals surface area (Å²) in [6.45, 7) is 0.104. The summed E-state index contributed by atoms with van der Waals surface area (Å²) in [5.41, 5.74) is 1.75. The number of nitriles is 1. The van der Waals surface area contributed by atoms with E-state index in [4.69, 9.17) is 10.00 Å². The maximum atomic E-state index is 11.9. The molecule has 0 saturated carbocycles. The molecule has 0 bridgehead atoms.